The van der Waals surface area contributed by atoms with Crippen molar-refractivity contribution in [2.75, 3.05) is 6.61 Å². The van der Waals surface area contributed by atoms with Gasteiger partial charge < -0.3 is 19.9 Å². The van der Waals surface area contributed by atoms with Crippen molar-refractivity contribution in [3.05, 3.63) is 123 Å². The SMILES string of the molecule is Brc1cscc1Br.CCOC(=O)c1sccc1B(O)O.O=C(O)c1sccc1-c1cscc1-c1ccsc1.O=C=O.O=c1c2sccc2c2c1sc1c(=O)c3sccc3c12. The summed E-state index contributed by atoms with van der Waals surface area (Å²) in [6.07, 6.45) is 0.250. The molecule has 10 rings (SSSR count). The van der Waals surface area contributed by atoms with Crippen LogP contribution in [0.25, 0.3) is 62.6 Å². The minimum absolute atomic E-state index is 0.0870. The number of carbonyl (C=O) groups is 2. The highest BCUT2D eigenvalue weighted by Gasteiger charge is 2.24. The third-order valence-electron chi connectivity index (χ3n) is 8.25. The van der Waals surface area contributed by atoms with Crippen molar-refractivity contribution in [3.8, 4) is 22.3 Å². The molecule has 8 heterocycles. The Morgan fingerprint density at radius 3 is 1.70 bits per heavy atom. The number of hydrogen-bond acceptors (Lipinski definition) is 17. The zero-order valence-corrected chi connectivity index (χ0v) is 39.9. The lowest BCUT2D eigenvalue weighted by Gasteiger charge is -2.02. The van der Waals surface area contributed by atoms with E-state index in [1.807, 2.05) is 55.9 Å². The van der Waals surface area contributed by atoms with E-state index in [-0.39, 0.29) is 34.0 Å². The summed E-state index contributed by atoms with van der Waals surface area (Å²) in [6, 6.07) is 9.41. The van der Waals surface area contributed by atoms with Gasteiger partial charge in [0.15, 0.2) is 0 Å². The molecule has 3 N–H and O–H groups in total. The van der Waals surface area contributed by atoms with Gasteiger partial charge in [0.25, 0.3) is 0 Å². The first kappa shape index (κ1) is 45.7. The van der Waals surface area contributed by atoms with Crippen LogP contribution in [0, 0.1) is 0 Å². The molecule has 0 fully saturated rings. The molecular weight excluding hydrogens is 1060 g/mol. The van der Waals surface area contributed by atoms with Gasteiger partial charge in [-0.1, -0.05) is 6.07 Å². The molecule has 0 atom stereocenters. The zero-order valence-electron chi connectivity index (χ0n) is 30.2. The standard InChI is InChI=1S/C14H4O2S3.C13H8O2S3.C7H9BO4S.C4H2Br2S.CO2/c15-9-11-5(1-3-17-11)7-8-6-2-4-18-12(6)10(16)14(8)19-13(7)9;14-13(15)12-9(2-4-18-12)11-7-17-6-10(11)8-1-3-16-5-8;1-2-12-7(9)6-5(8(10)11)3-4-13-6;5-3-1-7-2-4(3)6;2-1-3/h1-4H;1-7H,(H,14,15);3-4,10-11H,2H2,1H3;1-2H;. The van der Waals surface area contributed by atoms with Crippen LogP contribution in [0.2, 0.25) is 0 Å². The van der Waals surface area contributed by atoms with Crippen LogP contribution in [-0.2, 0) is 14.3 Å². The average molecular weight is 1080 g/mol. The van der Waals surface area contributed by atoms with Crippen LogP contribution >= 0.6 is 123 Å². The van der Waals surface area contributed by atoms with E-state index in [0.29, 0.717) is 4.88 Å². The van der Waals surface area contributed by atoms with Crippen molar-refractivity contribution in [3.63, 3.8) is 0 Å². The summed E-state index contributed by atoms with van der Waals surface area (Å²) in [4.78, 5) is 63.9. The van der Waals surface area contributed by atoms with Crippen LogP contribution in [0.4, 0.5) is 0 Å². The first-order valence-corrected chi connectivity index (χ1v) is 25.5. The fourth-order valence-corrected chi connectivity index (χ4v) is 13.7. The maximum atomic E-state index is 12.3. The van der Waals surface area contributed by atoms with Gasteiger partial charge in [-0.15, -0.1) is 56.7 Å². The number of carboxylic acids is 1. The molecule has 0 aliphatic carbocycles. The fraction of sp³-hybridized carbons (Fsp3) is 0.0513. The van der Waals surface area contributed by atoms with Gasteiger partial charge in [0.2, 0.25) is 10.9 Å². The zero-order chi connectivity index (χ0) is 43.1. The predicted molar refractivity (Wildman–Crippen MR) is 258 cm³/mol. The molecule has 10 aromatic rings. The highest BCUT2D eigenvalue weighted by molar-refractivity contribution is 9.13. The highest BCUT2D eigenvalue weighted by atomic mass is 79.9. The summed E-state index contributed by atoms with van der Waals surface area (Å²) in [6.45, 7) is 1.97. The van der Waals surface area contributed by atoms with Gasteiger partial charge in [-0.25, -0.2) is 9.59 Å². The number of halogens is 2. The Hall–Kier alpha value is -3.80. The Kier molecular flexibility index (Phi) is 15.9. The van der Waals surface area contributed by atoms with Crippen LogP contribution in [0.1, 0.15) is 26.3 Å². The normalized spacial score (nSPS) is 10.6. The van der Waals surface area contributed by atoms with E-state index in [1.165, 1.54) is 51.4 Å². The number of hydrogen-bond donors (Lipinski definition) is 3. The summed E-state index contributed by atoms with van der Waals surface area (Å²) >= 11 is 18.3. The third kappa shape index (κ3) is 9.63. The van der Waals surface area contributed by atoms with Gasteiger partial charge in [-0.2, -0.15) is 43.6 Å². The Morgan fingerprint density at radius 2 is 1.20 bits per heavy atom. The van der Waals surface area contributed by atoms with Crippen LogP contribution in [-0.4, -0.2) is 47.0 Å². The largest absolute Gasteiger partial charge is 0.490 e. The van der Waals surface area contributed by atoms with Crippen molar-refractivity contribution in [2.45, 2.75) is 6.92 Å². The number of rotatable bonds is 6. The summed E-state index contributed by atoms with van der Waals surface area (Å²) in [5.74, 6) is -1.37. The molecule has 0 bridgehead atoms. The molecule has 60 heavy (non-hydrogen) atoms. The monoisotopic (exact) mass is 1080 g/mol. The molecule has 21 heteroatoms. The molecule has 0 saturated heterocycles. The third-order valence-corrected chi connectivity index (χ3v) is 17.7. The molecule has 0 spiro atoms. The smallest absolute Gasteiger partial charge is 0.477 e. The van der Waals surface area contributed by atoms with Crippen LogP contribution in [0.15, 0.2) is 103 Å². The van der Waals surface area contributed by atoms with Crippen molar-refractivity contribution < 1.29 is 39.1 Å². The van der Waals surface area contributed by atoms with Crippen LogP contribution < -0.4 is 16.3 Å². The Morgan fingerprint density at radius 1 is 0.667 bits per heavy atom. The van der Waals surface area contributed by atoms with Crippen molar-refractivity contribution >= 4 is 194 Å². The molecule has 0 aliphatic rings. The van der Waals surface area contributed by atoms with E-state index < -0.39 is 19.1 Å². The van der Waals surface area contributed by atoms with Crippen molar-refractivity contribution in [2.24, 2.45) is 0 Å². The molecule has 0 radical (unpaired) electrons. The summed E-state index contributed by atoms with van der Waals surface area (Å²) < 4.78 is 10.1. The summed E-state index contributed by atoms with van der Waals surface area (Å²) in [5.41, 5.74) is 4.46. The van der Waals surface area contributed by atoms with Gasteiger partial charge in [-0.3, -0.25) is 9.59 Å². The molecule has 0 unspecified atom stereocenters. The minimum atomic E-state index is -1.62. The van der Waals surface area contributed by atoms with E-state index in [2.05, 4.69) is 48.7 Å². The number of thiophene rings is 8. The number of ether oxygens (including phenoxy) is 1. The lowest BCUT2D eigenvalue weighted by atomic mass is 9.81. The van der Waals surface area contributed by atoms with Gasteiger partial charge >= 0.3 is 25.2 Å². The van der Waals surface area contributed by atoms with E-state index >= 15 is 0 Å². The number of fused-ring (bicyclic) bond motifs is 7. The fourth-order valence-electron chi connectivity index (χ4n) is 5.82. The molecular formula is C39H23BBr2O10S8. The first-order valence-electron chi connectivity index (χ1n) is 16.7. The molecule has 2 aromatic carbocycles. The van der Waals surface area contributed by atoms with E-state index in [4.69, 9.17) is 24.4 Å². The average Bonchev–Trinajstić information content (AvgIpc) is 4.07. The Balaban J connectivity index is 0.000000138. The molecule has 0 amide bonds. The van der Waals surface area contributed by atoms with Crippen LogP contribution in [0.5, 0.6) is 0 Å². The second kappa shape index (κ2) is 20.8. The number of carbonyl (C=O) groups excluding carboxylic acids is 3. The topological polar surface area (TPSA) is 172 Å². The van der Waals surface area contributed by atoms with E-state index in [9.17, 15) is 24.3 Å². The number of aromatic carboxylic acids is 1. The quantitative estimate of drug-likeness (QED) is 0.107. The molecule has 8 aromatic heterocycles. The van der Waals surface area contributed by atoms with Crippen molar-refractivity contribution in [1.29, 1.82) is 0 Å². The van der Waals surface area contributed by atoms with Crippen molar-refractivity contribution in [1.82, 2.24) is 0 Å². The van der Waals surface area contributed by atoms with E-state index in [0.717, 1.165) is 82.9 Å². The number of esters is 1. The highest BCUT2D eigenvalue weighted by Crippen LogP contribution is 2.43. The molecule has 304 valence electrons. The second-order valence-corrected chi connectivity index (χ2v) is 20.3. The molecule has 10 nitrogen and oxygen atoms in total. The first-order chi connectivity index (χ1) is 28.9. The van der Waals surface area contributed by atoms with E-state index in [1.54, 1.807) is 46.3 Å². The lowest BCUT2D eigenvalue weighted by Crippen LogP contribution is -2.32. The number of carboxylic acid groups (broad SMARTS) is 1. The van der Waals surface area contributed by atoms with Gasteiger partial charge in [0.05, 0.1) is 25.4 Å². The summed E-state index contributed by atoms with van der Waals surface area (Å²) in [7, 11) is -1.62. The van der Waals surface area contributed by atoms with Gasteiger partial charge in [0, 0.05) is 63.4 Å². The maximum absolute atomic E-state index is 12.3. The predicted octanol–water partition coefficient (Wildman–Crippen LogP) is 11.3. The Bertz CT molecular complexity index is 3050. The van der Waals surface area contributed by atoms with Gasteiger partial charge in [-0.05, 0) is 112 Å². The second-order valence-electron chi connectivity index (χ2n) is 11.6. The summed E-state index contributed by atoms with van der Waals surface area (Å²) in [5, 5.41) is 50.5. The molecule has 0 aliphatic heterocycles. The lowest BCUT2D eigenvalue weighted by molar-refractivity contribution is -0.191. The minimum Gasteiger partial charge on any atom is -0.477 e. The van der Waals surface area contributed by atoms with Gasteiger partial charge in [0.1, 0.15) is 9.75 Å². The maximum Gasteiger partial charge on any atom is 0.490 e. The molecule has 0 saturated carbocycles. The van der Waals surface area contributed by atoms with Crippen LogP contribution in [0.3, 0.4) is 0 Å². The Labute approximate surface area is 387 Å².